The molecule has 2 aliphatic carbocycles. The molecule has 80 valence electrons. The molecule has 0 heterocycles. The first-order valence-electron chi connectivity index (χ1n) is 5.97. The average molecular weight is 195 g/mol. The summed E-state index contributed by atoms with van der Waals surface area (Å²) in [4.78, 5) is 13.9. The van der Waals surface area contributed by atoms with Crippen LogP contribution in [0.25, 0.3) is 0 Å². The van der Waals surface area contributed by atoms with Gasteiger partial charge in [0.2, 0.25) is 5.91 Å². The van der Waals surface area contributed by atoms with Gasteiger partial charge in [-0.3, -0.25) is 4.79 Å². The maximum atomic E-state index is 11.9. The van der Waals surface area contributed by atoms with E-state index in [1.807, 2.05) is 11.9 Å². The smallest absolute Gasteiger partial charge is 0.225 e. The molecule has 2 aliphatic rings. The zero-order valence-electron chi connectivity index (χ0n) is 9.33. The van der Waals surface area contributed by atoms with Crippen molar-refractivity contribution in [3.05, 3.63) is 0 Å². The monoisotopic (exact) mass is 195 g/mol. The quantitative estimate of drug-likeness (QED) is 0.662. The molecule has 0 aromatic rings. The molecule has 2 saturated carbocycles. The van der Waals surface area contributed by atoms with Crippen LogP contribution in [0.2, 0.25) is 0 Å². The van der Waals surface area contributed by atoms with Crippen LogP contribution in [0.3, 0.4) is 0 Å². The summed E-state index contributed by atoms with van der Waals surface area (Å²) in [5, 5.41) is 0. The van der Waals surface area contributed by atoms with Gasteiger partial charge in [-0.2, -0.15) is 0 Å². The summed E-state index contributed by atoms with van der Waals surface area (Å²) in [6.45, 7) is 2.29. The van der Waals surface area contributed by atoms with Gasteiger partial charge in [0.25, 0.3) is 0 Å². The molecule has 0 bridgehead atoms. The third-order valence-electron chi connectivity index (χ3n) is 3.84. The minimum Gasteiger partial charge on any atom is -0.342 e. The average Bonchev–Trinajstić information content (AvgIpc) is 3.00. The van der Waals surface area contributed by atoms with Crippen molar-refractivity contribution < 1.29 is 4.79 Å². The van der Waals surface area contributed by atoms with E-state index in [-0.39, 0.29) is 0 Å². The van der Waals surface area contributed by atoms with Gasteiger partial charge in [-0.05, 0) is 31.6 Å². The largest absolute Gasteiger partial charge is 0.342 e. The lowest BCUT2D eigenvalue weighted by Gasteiger charge is -2.36. The molecule has 2 unspecified atom stereocenters. The van der Waals surface area contributed by atoms with E-state index in [0.29, 0.717) is 23.8 Å². The Kier molecular flexibility index (Phi) is 2.80. The molecule has 0 aromatic carbocycles. The molecule has 2 heteroatoms. The summed E-state index contributed by atoms with van der Waals surface area (Å²) in [6, 6.07) is 0.525. The Hall–Kier alpha value is -0.530. The molecule has 2 rings (SSSR count). The Bertz CT molecular complexity index is 222. The molecular weight excluding hydrogens is 174 g/mol. The minimum atomic E-state index is 0.383. The molecule has 0 aromatic heterocycles. The molecule has 2 fully saturated rings. The third kappa shape index (κ3) is 1.94. The lowest BCUT2D eigenvalue weighted by Crippen LogP contribution is -2.43. The van der Waals surface area contributed by atoms with Crippen molar-refractivity contribution in [3.8, 4) is 0 Å². The molecule has 0 spiro atoms. The van der Waals surface area contributed by atoms with Crippen LogP contribution in [0.15, 0.2) is 0 Å². The molecule has 0 N–H and O–H groups in total. The normalized spacial score (nSPS) is 32.7. The van der Waals surface area contributed by atoms with Crippen LogP contribution < -0.4 is 0 Å². The Labute approximate surface area is 86.7 Å². The highest BCUT2D eigenvalue weighted by atomic mass is 16.2. The van der Waals surface area contributed by atoms with Gasteiger partial charge in [0.15, 0.2) is 0 Å². The fourth-order valence-corrected chi connectivity index (χ4v) is 2.65. The summed E-state index contributed by atoms with van der Waals surface area (Å²) < 4.78 is 0. The summed E-state index contributed by atoms with van der Waals surface area (Å²) in [7, 11) is 2.01. The molecule has 2 nitrogen and oxygen atoms in total. The van der Waals surface area contributed by atoms with Crippen molar-refractivity contribution in [3.63, 3.8) is 0 Å². The SMILES string of the molecule is CC1CCCCC1N(C)C(=O)C1CC1. The first-order chi connectivity index (χ1) is 6.70. The van der Waals surface area contributed by atoms with Crippen molar-refractivity contribution in [2.45, 2.75) is 51.5 Å². The zero-order valence-corrected chi connectivity index (χ0v) is 9.33. The number of amides is 1. The molecule has 0 aliphatic heterocycles. The maximum Gasteiger partial charge on any atom is 0.225 e. The fourth-order valence-electron chi connectivity index (χ4n) is 2.65. The standard InChI is InChI=1S/C12H21NO/c1-9-5-3-4-6-11(9)13(2)12(14)10-7-8-10/h9-11H,3-8H2,1-2H3. The first-order valence-corrected chi connectivity index (χ1v) is 5.97. The Balaban J connectivity index is 1.94. The number of nitrogens with zero attached hydrogens (tertiary/aromatic N) is 1. The highest BCUT2D eigenvalue weighted by Gasteiger charge is 2.36. The molecular formula is C12H21NO. The van der Waals surface area contributed by atoms with Crippen molar-refractivity contribution in [2.75, 3.05) is 7.05 Å². The predicted octanol–water partition coefficient (Wildman–Crippen LogP) is 2.43. The van der Waals surface area contributed by atoms with Gasteiger partial charge in [-0.25, -0.2) is 0 Å². The van der Waals surface area contributed by atoms with Crippen LogP contribution in [0.4, 0.5) is 0 Å². The van der Waals surface area contributed by atoms with E-state index in [4.69, 9.17) is 0 Å². The van der Waals surface area contributed by atoms with Crippen molar-refractivity contribution in [1.29, 1.82) is 0 Å². The zero-order chi connectivity index (χ0) is 10.1. The summed E-state index contributed by atoms with van der Waals surface area (Å²) in [6.07, 6.45) is 7.43. The second kappa shape index (κ2) is 3.92. The Morgan fingerprint density at radius 2 is 1.79 bits per heavy atom. The van der Waals surface area contributed by atoms with Gasteiger partial charge >= 0.3 is 0 Å². The van der Waals surface area contributed by atoms with Crippen LogP contribution in [0.5, 0.6) is 0 Å². The van der Waals surface area contributed by atoms with Crippen molar-refractivity contribution >= 4 is 5.91 Å². The van der Waals surface area contributed by atoms with E-state index < -0.39 is 0 Å². The third-order valence-corrected chi connectivity index (χ3v) is 3.84. The molecule has 14 heavy (non-hydrogen) atoms. The highest BCUT2D eigenvalue weighted by Crippen LogP contribution is 2.34. The van der Waals surface area contributed by atoms with Crippen molar-refractivity contribution in [2.24, 2.45) is 11.8 Å². The maximum absolute atomic E-state index is 11.9. The predicted molar refractivity (Wildman–Crippen MR) is 56.9 cm³/mol. The van der Waals surface area contributed by atoms with Gasteiger partial charge in [-0.15, -0.1) is 0 Å². The molecule has 0 radical (unpaired) electrons. The van der Waals surface area contributed by atoms with Crippen molar-refractivity contribution in [1.82, 2.24) is 4.90 Å². The molecule has 0 saturated heterocycles. The van der Waals surface area contributed by atoms with Gasteiger partial charge < -0.3 is 4.90 Å². The van der Waals surface area contributed by atoms with E-state index in [0.717, 1.165) is 12.8 Å². The Morgan fingerprint density at radius 3 is 2.36 bits per heavy atom. The number of carbonyl (C=O) groups excluding carboxylic acids is 1. The van der Waals surface area contributed by atoms with Crippen LogP contribution >= 0.6 is 0 Å². The summed E-state index contributed by atoms with van der Waals surface area (Å²) >= 11 is 0. The second-order valence-corrected chi connectivity index (χ2v) is 5.05. The number of hydrogen-bond donors (Lipinski definition) is 0. The van der Waals surface area contributed by atoms with Gasteiger partial charge in [0.05, 0.1) is 0 Å². The van der Waals surface area contributed by atoms with E-state index in [1.54, 1.807) is 0 Å². The van der Waals surface area contributed by atoms with E-state index in [9.17, 15) is 4.79 Å². The molecule has 2 atom stereocenters. The van der Waals surface area contributed by atoms with Crippen LogP contribution in [0.1, 0.15) is 45.4 Å². The summed E-state index contributed by atoms with van der Waals surface area (Å²) in [5.41, 5.74) is 0. The lowest BCUT2D eigenvalue weighted by molar-refractivity contribution is -0.134. The molecule has 1 amide bonds. The summed E-state index contributed by atoms with van der Waals surface area (Å²) in [5.74, 6) is 1.49. The van der Waals surface area contributed by atoms with E-state index in [2.05, 4.69) is 6.92 Å². The van der Waals surface area contributed by atoms with Gasteiger partial charge in [-0.1, -0.05) is 19.8 Å². The minimum absolute atomic E-state index is 0.383. The van der Waals surface area contributed by atoms with Gasteiger partial charge in [0.1, 0.15) is 0 Å². The highest BCUT2D eigenvalue weighted by molar-refractivity contribution is 5.81. The van der Waals surface area contributed by atoms with Crippen LogP contribution in [0, 0.1) is 11.8 Å². The van der Waals surface area contributed by atoms with Crippen LogP contribution in [-0.4, -0.2) is 23.9 Å². The first kappa shape index (κ1) is 10.0. The second-order valence-electron chi connectivity index (χ2n) is 5.05. The van der Waals surface area contributed by atoms with E-state index in [1.165, 1.54) is 25.7 Å². The topological polar surface area (TPSA) is 20.3 Å². The number of carbonyl (C=O) groups is 1. The van der Waals surface area contributed by atoms with Crippen LogP contribution in [-0.2, 0) is 4.79 Å². The fraction of sp³-hybridized carbons (Fsp3) is 0.917. The number of hydrogen-bond acceptors (Lipinski definition) is 1. The van der Waals surface area contributed by atoms with E-state index >= 15 is 0 Å². The van der Waals surface area contributed by atoms with Gasteiger partial charge in [0, 0.05) is 19.0 Å². The lowest BCUT2D eigenvalue weighted by atomic mass is 9.85. The number of rotatable bonds is 2. The Morgan fingerprint density at radius 1 is 1.14 bits per heavy atom.